The Bertz CT molecular complexity index is 580. The van der Waals surface area contributed by atoms with Crippen molar-refractivity contribution in [1.29, 1.82) is 0 Å². The molecular formula is C13H13F2N3. The third-order valence-electron chi connectivity index (χ3n) is 3.23. The third-order valence-corrected chi connectivity index (χ3v) is 3.23. The van der Waals surface area contributed by atoms with Crippen LogP contribution in [0.3, 0.4) is 0 Å². The quantitative estimate of drug-likeness (QED) is 0.837. The Morgan fingerprint density at radius 1 is 1.06 bits per heavy atom. The van der Waals surface area contributed by atoms with E-state index in [1.807, 2.05) is 0 Å². The van der Waals surface area contributed by atoms with E-state index in [2.05, 4.69) is 15.2 Å². The average molecular weight is 249 g/mol. The summed E-state index contributed by atoms with van der Waals surface area (Å²) < 4.78 is 27.6. The minimum absolute atomic E-state index is 0.103. The van der Waals surface area contributed by atoms with Crippen molar-refractivity contribution in [2.75, 3.05) is 31.1 Å². The molecule has 2 aromatic rings. The van der Waals surface area contributed by atoms with Gasteiger partial charge in [0.1, 0.15) is 17.2 Å². The number of benzene rings is 1. The molecule has 0 radical (unpaired) electrons. The number of rotatable bonds is 1. The van der Waals surface area contributed by atoms with Crippen molar-refractivity contribution < 1.29 is 8.78 Å². The number of nitrogens with zero attached hydrogens (tertiary/aromatic N) is 2. The van der Waals surface area contributed by atoms with Crippen molar-refractivity contribution in [3.63, 3.8) is 0 Å². The lowest BCUT2D eigenvalue weighted by molar-refractivity contribution is 0.587. The van der Waals surface area contributed by atoms with E-state index in [0.717, 1.165) is 44.0 Å². The van der Waals surface area contributed by atoms with Gasteiger partial charge in [0.15, 0.2) is 0 Å². The van der Waals surface area contributed by atoms with E-state index in [1.165, 1.54) is 6.20 Å². The van der Waals surface area contributed by atoms with E-state index in [1.54, 1.807) is 6.07 Å². The lowest BCUT2D eigenvalue weighted by Gasteiger charge is -2.30. The Morgan fingerprint density at radius 3 is 2.56 bits per heavy atom. The van der Waals surface area contributed by atoms with Gasteiger partial charge in [0, 0.05) is 32.4 Å². The first-order valence-electron chi connectivity index (χ1n) is 5.96. The maximum Gasteiger partial charge on any atom is 0.149 e. The smallest absolute Gasteiger partial charge is 0.149 e. The first kappa shape index (κ1) is 11.3. The fourth-order valence-electron chi connectivity index (χ4n) is 2.35. The first-order valence-corrected chi connectivity index (χ1v) is 5.96. The second-order valence-corrected chi connectivity index (χ2v) is 4.32. The van der Waals surface area contributed by atoms with E-state index in [4.69, 9.17) is 0 Å². The molecule has 1 aliphatic heterocycles. The van der Waals surface area contributed by atoms with Crippen LogP contribution in [0.1, 0.15) is 0 Å². The molecule has 0 atom stereocenters. The molecule has 0 aliphatic carbocycles. The largest absolute Gasteiger partial charge is 0.368 e. The van der Waals surface area contributed by atoms with Gasteiger partial charge in [-0.25, -0.2) is 8.78 Å². The summed E-state index contributed by atoms with van der Waals surface area (Å²) in [6.07, 6.45) is 1.53. The van der Waals surface area contributed by atoms with Crippen LogP contribution in [0.5, 0.6) is 0 Å². The second kappa shape index (κ2) is 4.49. The summed E-state index contributed by atoms with van der Waals surface area (Å²) in [6.45, 7) is 3.27. The molecule has 1 aliphatic rings. The molecule has 3 nitrogen and oxygen atoms in total. The molecule has 0 bridgehead atoms. The third kappa shape index (κ3) is 1.80. The van der Waals surface area contributed by atoms with Gasteiger partial charge < -0.3 is 10.2 Å². The number of halogens is 2. The van der Waals surface area contributed by atoms with E-state index >= 15 is 0 Å². The highest BCUT2D eigenvalue weighted by Crippen LogP contribution is 2.29. The minimum Gasteiger partial charge on any atom is -0.368 e. The predicted octanol–water partition coefficient (Wildman–Crippen LogP) is 1.92. The van der Waals surface area contributed by atoms with Gasteiger partial charge in [-0.2, -0.15) is 0 Å². The SMILES string of the molecule is Fc1ccc(F)c2c(N3CCNCC3)ccnc12. The fraction of sp³-hybridized carbons (Fsp3) is 0.308. The number of pyridine rings is 1. The van der Waals surface area contributed by atoms with Gasteiger partial charge >= 0.3 is 0 Å². The molecule has 2 heterocycles. The molecule has 94 valence electrons. The van der Waals surface area contributed by atoms with Crippen molar-refractivity contribution in [3.05, 3.63) is 36.0 Å². The van der Waals surface area contributed by atoms with Crippen molar-refractivity contribution in [1.82, 2.24) is 10.3 Å². The summed E-state index contributed by atoms with van der Waals surface area (Å²) in [5.74, 6) is -0.906. The Hall–Kier alpha value is -1.75. The number of aromatic nitrogens is 1. The van der Waals surface area contributed by atoms with Gasteiger partial charge in [0.05, 0.1) is 11.1 Å². The highest BCUT2D eigenvalue weighted by molar-refractivity contribution is 5.92. The van der Waals surface area contributed by atoms with Crippen molar-refractivity contribution in [2.45, 2.75) is 0 Å². The number of piperazine rings is 1. The lowest BCUT2D eigenvalue weighted by Crippen LogP contribution is -2.43. The number of fused-ring (bicyclic) bond motifs is 1. The van der Waals surface area contributed by atoms with Crippen LogP contribution in [0, 0.1) is 11.6 Å². The Labute approximate surface area is 103 Å². The van der Waals surface area contributed by atoms with E-state index in [-0.39, 0.29) is 10.9 Å². The highest BCUT2D eigenvalue weighted by atomic mass is 19.1. The van der Waals surface area contributed by atoms with E-state index < -0.39 is 11.6 Å². The molecule has 1 aromatic carbocycles. The zero-order valence-corrected chi connectivity index (χ0v) is 9.79. The number of hydrogen-bond acceptors (Lipinski definition) is 3. The van der Waals surface area contributed by atoms with Gasteiger partial charge in [-0.05, 0) is 18.2 Å². The van der Waals surface area contributed by atoms with Crippen LogP contribution in [0.15, 0.2) is 24.4 Å². The fourth-order valence-corrected chi connectivity index (χ4v) is 2.35. The zero-order chi connectivity index (χ0) is 12.5. The lowest BCUT2D eigenvalue weighted by atomic mass is 10.1. The molecule has 1 fully saturated rings. The van der Waals surface area contributed by atoms with Crippen molar-refractivity contribution in [3.8, 4) is 0 Å². The maximum absolute atomic E-state index is 13.9. The van der Waals surface area contributed by atoms with Crippen LogP contribution >= 0.6 is 0 Å². The molecule has 3 rings (SSSR count). The normalized spacial score (nSPS) is 16.2. The van der Waals surface area contributed by atoms with Gasteiger partial charge in [0.25, 0.3) is 0 Å². The van der Waals surface area contributed by atoms with Gasteiger partial charge in [-0.1, -0.05) is 0 Å². The summed E-state index contributed by atoms with van der Waals surface area (Å²) in [5, 5.41) is 3.51. The van der Waals surface area contributed by atoms with E-state index in [0.29, 0.717) is 0 Å². The average Bonchev–Trinajstić information content (AvgIpc) is 2.43. The maximum atomic E-state index is 13.9. The molecule has 0 amide bonds. The highest BCUT2D eigenvalue weighted by Gasteiger charge is 2.17. The monoisotopic (exact) mass is 249 g/mol. The Kier molecular flexibility index (Phi) is 2.83. The summed E-state index contributed by atoms with van der Waals surface area (Å²) >= 11 is 0. The molecule has 0 spiro atoms. The molecule has 0 saturated carbocycles. The zero-order valence-electron chi connectivity index (χ0n) is 9.79. The molecular weight excluding hydrogens is 236 g/mol. The molecule has 0 unspecified atom stereocenters. The van der Waals surface area contributed by atoms with Crippen molar-refractivity contribution >= 4 is 16.6 Å². The van der Waals surface area contributed by atoms with Crippen LogP contribution < -0.4 is 10.2 Å². The van der Waals surface area contributed by atoms with Crippen LogP contribution in [-0.4, -0.2) is 31.2 Å². The van der Waals surface area contributed by atoms with Gasteiger partial charge in [0.2, 0.25) is 0 Å². The molecule has 1 aromatic heterocycles. The molecule has 18 heavy (non-hydrogen) atoms. The minimum atomic E-state index is -0.483. The van der Waals surface area contributed by atoms with Crippen LogP contribution in [0.2, 0.25) is 0 Å². The standard InChI is InChI=1S/C13H13F2N3/c14-9-1-2-10(15)13-12(9)11(3-4-17-13)18-7-5-16-6-8-18/h1-4,16H,5-8H2. The topological polar surface area (TPSA) is 28.2 Å². The van der Waals surface area contributed by atoms with Crippen molar-refractivity contribution in [2.24, 2.45) is 0 Å². The van der Waals surface area contributed by atoms with Gasteiger partial charge in [-0.3, -0.25) is 4.98 Å². The van der Waals surface area contributed by atoms with Crippen LogP contribution in [-0.2, 0) is 0 Å². The number of anilines is 1. The first-order chi connectivity index (χ1) is 8.77. The summed E-state index contributed by atoms with van der Waals surface area (Å²) in [5.41, 5.74) is 0.824. The second-order valence-electron chi connectivity index (χ2n) is 4.32. The predicted molar refractivity (Wildman–Crippen MR) is 66.7 cm³/mol. The Balaban J connectivity index is 2.19. The van der Waals surface area contributed by atoms with Crippen LogP contribution in [0.4, 0.5) is 14.5 Å². The molecule has 1 saturated heterocycles. The van der Waals surface area contributed by atoms with Gasteiger partial charge in [-0.15, -0.1) is 0 Å². The summed E-state index contributed by atoms with van der Waals surface area (Å²) in [4.78, 5) is 6.00. The summed E-state index contributed by atoms with van der Waals surface area (Å²) in [7, 11) is 0. The van der Waals surface area contributed by atoms with E-state index in [9.17, 15) is 8.78 Å². The number of nitrogens with one attached hydrogen (secondary N) is 1. The number of hydrogen-bond donors (Lipinski definition) is 1. The Morgan fingerprint density at radius 2 is 1.78 bits per heavy atom. The summed E-state index contributed by atoms with van der Waals surface area (Å²) in [6, 6.07) is 4.02. The molecule has 5 heteroatoms. The molecule has 1 N–H and O–H groups in total. The van der Waals surface area contributed by atoms with Crippen LogP contribution in [0.25, 0.3) is 10.9 Å².